The number of rotatable bonds is 5. The summed E-state index contributed by atoms with van der Waals surface area (Å²) in [4.78, 5) is 35.1. The number of carbonyl (C=O) groups is 2. The van der Waals surface area contributed by atoms with Crippen LogP contribution in [0, 0.1) is 17.0 Å². The number of furan rings is 1. The van der Waals surface area contributed by atoms with Gasteiger partial charge in [-0.15, -0.1) is 0 Å². The number of ether oxygens (including phenoxy) is 1. The van der Waals surface area contributed by atoms with Gasteiger partial charge in [-0.25, -0.2) is 4.79 Å². The van der Waals surface area contributed by atoms with E-state index in [1.165, 1.54) is 19.1 Å². The molecule has 0 fully saturated rings. The Balaban J connectivity index is 1.75. The van der Waals surface area contributed by atoms with Crippen LogP contribution in [-0.2, 0) is 9.53 Å². The highest BCUT2D eigenvalue weighted by Crippen LogP contribution is 2.29. The van der Waals surface area contributed by atoms with Crippen LogP contribution >= 0.6 is 27.5 Å². The standard InChI is InChI=1S/C19H14BrClN2O6/c1-9-13-7-11(20)3-6-16(13)29-17(9)19(25)28-10(2)18(24)22-15-8-12(23(26)27)4-5-14(15)21/h3-8,10H,1-2H3,(H,22,24). The van der Waals surface area contributed by atoms with Crippen molar-refractivity contribution < 1.29 is 23.7 Å². The van der Waals surface area contributed by atoms with Gasteiger partial charge in [-0.3, -0.25) is 14.9 Å². The van der Waals surface area contributed by atoms with Crippen molar-refractivity contribution in [2.75, 3.05) is 5.32 Å². The summed E-state index contributed by atoms with van der Waals surface area (Å²) in [5.74, 6) is -1.51. The highest BCUT2D eigenvalue weighted by atomic mass is 79.9. The van der Waals surface area contributed by atoms with Gasteiger partial charge in [0.05, 0.1) is 15.6 Å². The number of esters is 1. The number of benzene rings is 2. The third kappa shape index (κ3) is 4.41. The molecule has 0 aliphatic heterocycles. The third-order valence-corrected chi connectivity index (χ3v) is 4.98. The van der Waals surface area contributed by atoms with Crippen molar-refractivity contribution >= 4 is 61.8 Å². The van der Waals surface area contributed by atoms with Crippen LogP contribution in [0.1, 0.15) is 23.0 Å². The van der Waals surface area contributed by atoms with Gasteiger partial charge in [0.2, 0.25) is 5.76 Å². The van der Waals surface area contributed by atoms with E-state index in [4.69, 9.17) is 20.8 Å². The van der Waals surface area contributed by atoms with Crippen LogP contribution in [0.2, 0.25) is 5.02 Å². The fourth-order valence-electron chi connectivity index (χ4n) is 2.61. The molecule has 3 aromatic rings. The van der Waals surface area contributed by atoms with Crippen LogP contribution in [0.3, 0.4) is 0 Å². The average molecular weight is 482 g/mol. The first-order valence-electron chi connectivity index (χ1n) is 8.32. The fourth-order valence-corrected chi connectivity index (χ4v) is 3.14. The Morgan fingerprint density at radius 2 is 2.00 bits per heavy atom. The lowest BCUT2D eigenvalue weighted by molar-refractivity contribution is -0.384. The Hall–Kier alpha value is -2.91. The van der Waals surface area contributed by atoms with Crippen molar-refractivity contribution in [2.24, 2.45) is 0 Å². The minimum Gasteiger partial charge on any atom is -0.449 e. The van der Waals surface area contributed by atoms with Crippen LogP contribution in [0.4, 0.5) is 11.4 Å². The number of nitrogens with one attached hydrogen (secondary N) is 1. The van der Waals surface area contributed by atoms with Crippen molar-refractivity contribution in [1.29, 1.82) is 0 Å². The van der Waals surface area contributed by atoms with E-state index in [1.807, 2.05) is 6.07 Å². The number of nitro benzene ring substituents is 1. The number of hydrogen-bond acceptors (Lipinski definition) is 6. The second-order valence-corrected chi connectivity index (χ2v) is 7.48. The lowest BCUT2D eigenvalue weighted by atomic mass is 10.1. The van der Waals surface area contributed by atoms with Gasteiger partial charge in [0.1, 0.15) is 5.58 Å². The van der Waals surface area contributed by atoms with Crippen molar-refractivity contribution in [3.63, 3.8) is 0 Å². The van der Waals surface area contributed by atoms with E-state index in [0.717, 1.165) is 15.9 Å². The topological polar surface area (TPSA) is 112 Å². The first-order chi connectivity index (χ1) is 13.7. The van der Waals surface area contributed by atoms with Crippen molar-refractivity contribution in [3.05, 3.63) is 67.3 Å². The number of halogens is 2. The molecular weight excluding hydrogens is 468 g/mol. The maximum atomic E-state index is 12.5. The fraction of sp³-hybridized carbons (Fsp3) is 0.158. The predicted octanol–water partition coefficient (Wildman–Crippen LogP) is 5.25. The Morgan fingerprint density at radius 3 is 2.69 bits per heavy atom. The van der Waals surface area contributed by atoms with E-state index in [-0.39, 0.29) is 22.2 Å². The molecule has 8 nitrogen and oxygen atoms in total. The number of fused-ring (bicyclic) bond motifs is 1. The largest absolute Gasteiger partial charge is 0.449 e. The summed E-state index contributed by atoms with van der Waals surface area (Å²) < 4.78 is 11.6. The Kier molecular flexibility index (Phi) is 5.90. The highest BCUT2D eigenvalue weighted by Gasteiger charge is 2.25. The molecule has 150 valence electrons. The summed E-state index contributed by atoms with van der Waals surface area (Å²) in [6.07, 6.45) is -1.20. The van der Waals surface area contributed by atoms with Gasteiger partial charge in [-0.2, -0.15) is 0 Å². The molecule has 0 saturated heterocycles. The summed E-state index contributed by atoms with van der Waals surface area (Å²) >= 11 is 9.33. The number of nitro groups is 1. The zero-order valence-corrected chi connectivity index (χ0v) is 17.5. The molecule has 10 heteroatoms. The van der Waals surface area contributed by atoms with Crippen LogP contribution in [0.25, 0.3) is 11.0 Å². The van der Waals surface area contributed by atoms with E-state index in [9.17, 15) is 19.7 Å². The van der Waals surface area contributed by atoms with Gasteiger partial charge >= 0.3 is 5.97 Å². The molecule has 0 aliphatic rings. The molecule has 29 heavy (non-hydrogen) atoms. The quantitative estimate of drug-likeness (QED) is 0.303. The third-order valence-electron chi connectivity index (χ3n) is 4.16. The van der Waals surface area contributed by atoms with Gasteiger partial charge in [0.15, 0.2) is 6.10 Å². The molecule has 3 rings (SSSR count). The van der Waals surface area contributed by atoms with Crippen molar-refractivity contribution in [3.8, 4) is 0 Å². The molecule has 1 heterocycles. The van der Waals surface area contributed by atoms with Crippen molar-refractivity contribution in [2.45, 2.75) is 20.0 Å². The number of anilines is 1. The van der Waals surface area contributed by atoms with Gasteiger partial charge in [-0.1, -0.05) is 27.5 Å². The molecule has 2 aromatic carbocycles. The van der Waals surface area contributed by atoms with Gasteiger partial charge < -0.3 is 14.5 Å². The number of nitrogens with zero attached hydrogens (tertiary/aromatic N) is 1. The van der Waals surface area contributed by atoms with E-state index in [0.29, 0.717) is 11.1 Å². The Labute approximate surface area is 178 Å². The summed E-state index contributed by atoms with van der Waals surface area (Å²) in [7, 11) is 0. The lowest BCUT2D eigenvalue weighted by Gasteiger charge is -2.13. The maximum absolute atomic E-state index is 12.5. The first-order valence-corrected chi connectivity index (χ1v) is 9.49. The summed E-state index contributed by atoms with van der Waals surface area (Å²) in [6.45, 7) is 3.08. The zero-order valence-electron chi connectivity index (χ0n) is 15.2. The van der Waals surface area contributed by atoms with E-state index < -0.39 is 22.9 Å². The summed E-state index contributed by atoms with van der Waals surface area (Å²) in [6, 6.07) is 8.93. The highest BCUT2D eigenvalue weighted by molar-refractivity contribution is 9.10. The molecule has 0 spiro atoms. The first kappa shape index (κ1) is 20.8. The maximum Gasteiger partial charge on any atom is 0.375 e. The van der Waals surface area contributed by atoms with Crippen LogP contribution in [-0.4, -0.2) is 22.9 Å². The minimum atomic E-state index is -1.20. The van der Waals surface area contributed by atoms with E-state index in [2.05, 4.69) is 21.2 Å². The number of amides is 1. The second kappa shape index (κ2) is 8.22. The smallest absolute Gasteiger partial charge is 0.375 e. The minimum absolute atomic E-state index is 0.00821. The van der Waals surface area contributed by atoms with Gasteiger partial charge in [0, 0.05) is 27.6 Å². The molecule has 1 N–H and O–H groups in total. The normalized spacial score (nSPS) is 11.9. The van der Waals surface area contributed by atoms with E-state index >= 15 is 0 Å². The monoisotopic (exact) mass is 480 g/mol. The molecule has 0 aliphatic carbocycles. The number of aryl methyl sites for hydroxylation is 1. The van der Waals surface area contributed by atoms with Crippen LogP contribution in [0.5, 0.6) is 0 Å². The summed E-state index contributed by atoms with van der Waals surface area (Å²) in [5, 5.41) is 14.2. The Bertz CT molecular complexity index is 1140. The average Bonchev–Trinajstić information content (AvgIpc) is 2.99. The van der Waals surface area contributed by atoms with Crippen molar-refractivity contribution in [1.82, 2.24) is 0 Å². The lowest BCUT2D eigenvalue weighted by Crippen LogP contribution is -2.30. The predicted molar refractivity (Wildman–Crippen MR) is 110 cm³/mol. The number of hydrogen-bond donors (Lipinski definition) is 1. The number of non-ortho nitro benzene ring substituents is 1. The SMILES string of the molecule is Cc1c(C(=O)OC(C)C(=O)Nc2cc([N+](=O)[O-])ccc2Cl)oc2ccc(Br)cc12. The number of carbonyl (C=O) groups excluding carboxylic acids is 2. The molecule has 1 unspecified atom stereocenters. The molecule has 0 bridgehead atoms. The molecule has 0 saturated carbocycles. The van der Waals surface area contributed by atoms with Gasteiger partial charge in [0.25, 0.3) is 11.6 Å². The molecule has 1 atom stereocenters. The second-order valence-electron chi connectivity index (χ2n) is 6.15. The van der Waals surface area contributed by atoms with Crippen LogP contribution in [0.15, 0.2) is 45.3 Å². The summed E-state index contributed by atoms with van der Waals surface area (Å²) in [5.41, 5.74) is 0.899. The molecule has 1 aromatic heterocycles. The molecule has 1 amide bonds. The van der Waals surface area contributed by atoms with Gasteiger partial charge in [-0.05, 0) is 38.1 Å². The Morgan fingerprint density at radius 1 is 1.28 bits per heavy atom. The molecule has 0 radical (unpaired) electrons. The molecular formula is C19H14BrClN2O6. The van der Waals surface area contributed by atoms with Crippen LogP contribution < -0.4 is 5.32 Å². The van der Waals surface area contributed by atoms with E-state index in [1.54, 1.807) is 19.1 Å². The zero-order chi connectivity index (χ0) is 21.3.